The fourth-order valence-corrected chi connectivity index (χ4v) is 5.54. The monoisotopic (exact) mass is 500 g/mol. The zero-order chi connectivity index (χ0) is 25.1. The second kappa shape index (κ2) is 10.3. The highest BCUT2D eigenvalue weighted by molar-refractivity contribution is 7.15. The highest BCUT2D eigenvalue weighted by Crippen LogP contribution is 2.37. The number of methoxy groups -OCH3 is 1. The SMILES string of the molecule is COc1ccccc1CN1CCc2nc(Nc3cccnc3Oc3ccccc3C(C)(C)C)sc2C1. The Labute approximate surface area is 216 Å². The van der Waals surface area contributed by atoms with Gasteiger partial charge in [0, 0.05) is 48.3 Å². The Morgan fingerprint density at radius 1 is 1.00 bits per heavy atom. The lowest BCUT2D eigenvalue weighted by atomic mass is 9.86. The van der Waals surface area contributed by atoms with Gasteiger partial charge in [-0.2, -0.15) is 0 Å². The molecule has 186 valence electrons. The summed E-state index contributed by atoms with van der Waals surface area (Å²) < 4.78 is 11.9. The highest BCUT2D eigenvalue weighted by Gasteiger charge is 2.23. The third-order valence-electron chi connectivity index (χ3n) is 6.31. The van der Waals surface area contributed by atoms with E-state index in [0.717, 1.165) is 53.9 Å². The van der Waals surface area contributed by atoms with E-state index in [1.807, 2.05) is 42.5 Å². The summed E-state index contributed by atoms with van der Waals surface area (Å²) in [6.45, 7) is 9.26. The molecular weight excluding hydrogens is 468 g/mol. The molecule has 2 aromatic carbocycles. The molecule has 7 heteroatoms. The quantitative estimate of drug-likeness (QED) is 0.297. The van der Waals surface area contributed by atoms with Crippen molar-refractivity contribution in [3.63, 3.8) is 0 Å². The summed E-state index contributed by atoms with van der Waals surface area (Å²) >= 11 is 1.70. The van der Waals surface area contributed by atoms with Crippen LogP contribution in [0.3, 0.4) is 0 Å². The molecule has 3 heterocycles. The lowest BCUT2D eigenvalue weighted by molar-refractivity contribution is 0.243. The second-order valence-electron chi connectivity index (χ2n) is 9.99. The third-order valence-corrected chi connectivity index (χ3v) is 7.31. The van der Waals surface area contributed by atoms with Crippen LogP contribution in [0.4, 0.5) is 10.8 Å². The number of anilines is 2. The first-order valence-corrected chi connectivity index (χ1v) is 13.0. The van der Waals surface area contributed by atoms with E-state index >= 15 is 0 Å². The minimum atomic E-state index is -0.0387. The maximum Gasteiger partial charge on any atom is 0.243 e. The Morgan fingerprint density at radius 3 is 2.58 bits per heavy atom. The molecule has 1 aliphatic rings. The zero-order valence-electron chi connectivity index (χ0n) is 21.2. The van der Waals surface area contributed by atoms with Gasteiger partial charge < -0.3 is 14.8 Å². The Bertz CT molecular complexity index is 1350. The number of aromatic nitrogens is 2. The molecule has 1 aliphatic heterocycles. The van der Waals surface area contributed by atoms with Crippen LogP contribution in [0.5, 0.6) is 17.4 Å². The van der Waals surface area contributed by atoms with Crippen molar-refractivity contribution in [3.8, 4) is 17.4 Å². The van der Waals surface area contributed by atoms with Crippen LogP contribution in [0, 0.1) is 0 Å². The molecule has 4 aromatic rings. The van der Waals surface area contributed by atoms with E-state index in [1.165, 1.54) is 16.1 Å². The molecule has 6 nitrogen and oxygen atoms in total. The Balaban J connectivity index is 1.32. The van der Waals surface area contributed by atoms with E-state index in [1.54, 1.807) is 24.6 Å². The summed E-state index contributed by atoms with van der Waals surface area (Å²) in [7, 11) is 1.73. The van der Waals surface area contributed by atoms with Crippen molar-refractivity contribution in [1.82, 2.24) is 14.9 Å². The smallest absolute Gasteiger partial charge is 0.243 e. The van der Waals surface area contributed by atoms with Gasteiger partial charge in [-0.15, -0.1) is 11.3 Å². The van der Waals surface area contributed by atoms with Crippen molar-refractivity contribution in [2.24, 2.45) is 0 Å². The average molecular weight is 501 g/mol. The summed E-state index contributed by atoms with van der Waals surface area (Å²) in [5.41, 5.74) is 4.28. The lowest BCUT2D eigenvalue weighted by Gasteiger charge is -2.26. The molecular formula is C29H32N4O2S. The number of pyridine rings is 1. The topological polar surface area (TPSA) is 59.5 Å². The van der Waals surface area contributed by atoms with E-state index in [0.29, 0.717) is 5.88 Å². The van der Waals surface area contributed by atoms with Gasteiger partial charge in [-0.05, 0) is 29.7 Å². The largest absolute Gasteiger partial charge is 0.496 e. The molecule has 0 saturated carbocycles. The number of hydrogen-bond donors (Lipinski definition) is 1. The van der Waals surface area contributed by atoms with Gasteiger partial charge in [0.2, 0.25) is 5.88 Å². The Morgan fingerprint density at radius 2 is 1.78 bits per heavy atom. The first-order valence-electron chi connectivity index (χ1n) is 12.2. The number of fused-ring (bicyclic) bond motifs is 1. The van der Waals surface area contributed by atoms with Crippen LogP contribution < -0.4 is 14.8 Å². The Hall–Kier alpha value is -3.42. The number of rotatable bonds is 7. The summed E-state index contributed by atoms with van der Waals surface area (Å²) in [4.78, 5) is 13.2. The van der Waals surface area contributed by atoms with Gasteiger partial charge in [0.1, 0.15) is 17.2 Å². The molecule has 0 fully saturated rings. The summed E-state index contributed by atoms with van der Waals surface area (Å²) in [6, 6.07) is 20.3. The standard InChI is InChI=1S/C29H32N4O2S/c1-29(2,3)21-11-6-8-14-25(21)35-27-23(12-9-16-30-27)32-28-31-22-15-17-33(19-26(22)36-28)18-20-10-5-7-13-24(20)34-4/h5-14,16H,15,17-19H2,1-4H3,(H,31,32). The molecule has 0 amide bonds. The van der Waals surface area contributed by atoms with Crippen LogP contribution in [0.25, 0.3) is 0 Å². The van der Waals surface area contributed by atoms with Crippen LogP contribution in [0.1, 0.15) is 42.5 Å². The first-order chi connectivity index (χ1) is 17.4. The fourth-order valence-electron chi connectivity index (χ4n) is 4.47. The summed E-state index contributed by atoms with van der Waals surface area (Å²) in [5.74, 6) is 2.30. The van der Waals surface area contributed by atoms with E-state index in [4.69, 9.17) is 14.5 Å². The van der Waals surface area contributed by atoms with Crippen LogP contribution in [0.2, 0.25) is 0 Å². The van der Waals surface area contributed by atoms with Crippen LogP contribution in [0.15, 0.2) is 66.9 Å². The molecule has 0 atom stereocenters. The average Bonchev–Trinajstić information content (AvgIpc) is 3.27. The number of nitrogens with zero attached hydrogens (tertiary/aromatic N) is 3. The van der Waals surface area contributed by atoms with Gasteiger partial charge in [0.05, 0.1) is 12.8 Å². The van der Waals surface area contributed by atoms with E-state index in [-0.39, 0.29) is 5.41 Å². The van der Waals surface area contributed by atoms with Gasteiger partial charge in [0.15, 0.2) is 5.13 Å². The van der Waals surface area contributed by atoms with E-state index in [9.17, 15) is 0 Å². The zero-order valence-corrected chi connectivity index (χ0v) is 22.1. The Kier molecular flexibility index (Phi) is 6.94. The second-order valence-corrected chi connectivity index (χ2v) is 11.1. The molecule has 0 radical (unpaired) electrons. The number of thiazole rings is 1. The third kappa shape index (κ3) is 5.37. The molecule has 36 heavy (non-hydrogen) atoms. The fraction of sp³-hybridized carbons (Fsp3) is 0.310. The number of para-hydroxylation sites is 2. The van der Waals surface area contributed by atoms with Crippen molar-refractivity contribution in [1.29, 1.82) is 0 Å². The van der Waals surface area contributed by atoms with Crippen molar-refractivity contribution < 1.29 is 9.47 Å². The molecule has 0 saturated heterocycles. The predicted molar refractivity (Wildman–Crippen MR) is 146 cm³/mol. The molecule has 0 spiro atoms. The van der Waals surface area contributed by atoms with E-state index < -0.39 is 0 Å². The van der Waals surface area contributed by atoms with Gasteiger partial charge in [-0.25, -0.2) is 9.97 Å². The molecule has 2 aromatic heterocycles. The number of benzene rings is 2. The number of ether oxygens (including phenoxy) is 2. The van der Waals surface area contributed by atoms with E-state index in [2.05, 4.69) is 54.2 Å². The minimum absolute atomic E-state index is 0.0387. The summed E-state index contributed by atoms with van der Waals surface area (Å²) in [5, 5.41) is 4.33. The highest BCUT2D eigenvalue weighted by atomic mass is 32.1. The van der Waals surface area contributed by atoms with Gasteiger partial charge in [0.25, 0.3) is 0 Å². The van der Waals surface area contributed by atoms with Crippen LogP contribution in [-0.2, 0) is 24.9 Å². The summed E-state index contributed by atoms with van der Waals surface area (Å²) in [6.07, 6.45) is 2.68. The van der Waals surface area contributed by atoms with Crippen LogP contribution in [-0.4, -0.2) is 28.5 Å². The number of nitrogens with one attached hydrogen (secondary N) is 1. The van der Waals surface area contributed by atoms with Crippen LogP contribution >= 0.6 is 11.3 Å². The maximum absolute atomic E-state index is 6.33. The minimum Gasteiger partial charge on any atom is -0.496 e. The lowest BCUT2D eigenvalue weighted by Crippen LogP contribution is -2.29. The van der Waals surface area contributed by atoms with Crippen molar-refractivity contribution in [3.05, 3.63) is 88.6 Å². The molecule has 0 aliphatic carbocycles. The maximum atomic E-state index is 6.33. The van der Waals surface area contributed by atoms with Gasteiger partial charge >= 0.3 is 0 Å². The predicted octanol–water partition coefficient (Wildman–Crippen LogP) is 6.94. The molecule has 5 rings (SSSR count). The number of hydrogen-bond acceptors (Lipinski definition) is 7. The molecule has 1 N–H and O–H groups in total. The van der Waals surface area contributed by atoms with Crippen molar-refractivity contribution in [2.45, 2.75) is 45.7 Å². The van der Waals surface area contributed by atoms with Gasteiger partial charge in [-0.3, -0.25) is 4.90 Å². The first kappa shape index (κ1) is 24.3. The van der Waals surface area contributed by atoms with Crippen molar-refractivity contribution >= 4 is 22.2 Å². The normalized spacial score (nSPS) is 13.8. The van der Waals surface area contributed by atoms with Crippen molar-refractivity contribution in [2.75, 3.05) is 19.0 Å². The molecule has 0 unspecified atom stereocenters. The molecule has 0 bridgehead atoms. The van der Waals surface area contributed by atoms with Gasteiger partial charge in [-0.1, -0.05) is 57.2 Å².